The number of hydrogen-bond donors (Lipinski definition) is 13. The fourth-order valence-corrected chi connectivity index (χ4v) is 4.91. The first-order valence-electron chi connectivity index (χ1n) is 12.1. The van der Waals surface area contributed by atoms with Crippen molar-refractivity contribution >= 4 is 18.2 Å². The third-order valence-corrected chi connectivity index (χ3v) is 7.15. The largest absolute Gasteiger partial charge is 0.394 e. The van der Waals surface area contributed by atoms with Crippen LogP contribution in [0.25, 0.3) is 0 Å². The van der Waals surface area contributed by atoms with Crippen LogP contribution in [0.5, 0.6) is 0 Å². The highest BCUT2D eigenvalue weighted by molar-refractivity contribution is 5.76. The van der Waals surface area contributed by atoms with E-state index in [1.807, 2.05) is 0 Å². The van der Waals surface area contributed by atoms with Crippen LogP contribution in [0.4, 0.5) is 0 Å². The molecule has 17 N–H and O–H groups in total. The van der Waals surface area contributed by atoms with Gasteiger partial charge in [-0.3, -0.25) is 4.79 Å². The molecule has 0 radical (unpaired) electrons. The molecular formula is C20H37N7O13. The topological polar surface area (TPSA) is 357 Å². The SMILES string of the molecule is C[C@@H]1O[C@@H](O[C@@H]2[C@@H](O)[C@H](O)[C@@H](N=C(N)N)[C@H](O)[C@H]2N=C(N)N)[C@H](O[C@H]2O[C@H](CO)[C@@H](O)[C@H](O)[C@H]2NO)[C@@]1(O)C=O. The first-order chi connectivity index (χ1) is 18.7. The third kappa shape index (κ3) is 5.99. The Kier molecular flexibility index (Phi) is 10.2. The maximum atomic E-state index is 12.0. The van der Waals surface area contributed by atoms with E-state index in [4.69, 9.17) is 41.9 Å². The highest BCUT2D eigenvalue weighted by atomic mass is 16.8. The van der Waals surface area contributed by atoms with E-state index in [9.17, 15) is 45.7 Å². The summed E-state index contributed by atoms with van der Waals surface area (Å²) < 4.78 is 22.5. The maximum Gasteiger partial charge on any atom is 0.188 e. The lowest BCUT2D eigenvalue weighted by molar-refractivity contribution is -0.321. The van der Waals surface area contributed by atoms with Gasteiger partial charge in [0.25, 0.3) is 0 Å². The zero-order chi connectivity index (χ0) is 30.1. The molecule has 0 aromatic heterocycles. The van der Waals surface area contributed by atoms with E-state index in [0.717, 1.165) is 0 Å². The minimum atomic E-state index is -2.47. The van der Waals surface area contributed by atoms with Gasteiger partial charge in [0.1, 0.15) is 67.0 Å². The van der Waals surface area contributed by atoms with Crippen LogP contribution in [-0.4, -0.2) is 157 Å². The fraction of sp³-hybridized carbons (Fsp3) is 0.850. The van der Waals surface area contributed by atoms with Crippen LogP contribution in [0.2, 0.25) is 0 Å². The number of aliphatic hydroxyl groups excluding tert-OH is 6. The first-order valence-corrected chi connectivity index (χ1v) is 12.1. The van der Waals surface area contributed by atoms with E-state index < -0.39 is 110 Å². The van der Waals surface area contributed by atoms with E-state index in [0.29, 0.717) is 0 Å². The predicted octanol–water partition coefficient (Wildman–Crippen LogP) is -8.40. The van der Waals surface area contributed by atoms with Crippen molar-refractivity contribution in [2.75, 3.05) is 6.61 Å². The third-order valence-electron chi connectivity index (χ3n) is 7.15. The molecule has 1 saturated carbocycles. The molecule has 2 heterocycles. The average Bonchev–Trinajstić information content (AvgIpc) is 3.13. The van der Waals surface area contributed by atoms with E-state index in [1.54, 1.807) is 5.48 Å². The van der Waals surface area contributed by atoms with Gasteiger partial charge >= 0.3 is 0 Å². The minimum Gasteiger partial charge on any atom is -0.394 e. The van der Waals surface area contributed by atoms with Crippen LogP contribution in [-0.2, 0) is 23.7 Å². The molecule has 0 unspecified atom stereocenters. The normalized spacial score (nSPS) is 47.4. The molecule has 15 atom stereocenters. The molecule has 40 heavy (non-hydrogen) atoms. The Balaban J connectivity index is 1.96. The Labute approximate surface area is 226 Å². The van der Waals surface area contributed by atoms with Crippen molar-refractivity contribution in [1.29, 1.82) is 0 Å². The van der Waals surface area contributed by atoms with Gasteiger partial charge < -0.3 is 82.8 Å². The van der Waals surface area contributed by atoms with Crippen molar-refractivity contribution in [2.24, 2.45) is 32.9 Å². The van der Waals surface area contributed by atoms with Crippen molar-refractivity contribution in [1.82, 2.24) is 5.48 Å². The number of nitrogens with zero attached hydrogens (tertiary/aromatic N) is 2. The summed E-state index contributed by atoms with van der Waals surface area (Å²) in [5.74, 6) is -1.08. The van der Waals surface area contributed by atoms with Gasteiger partial charge in [0, 0.05) is 0 Å². The summed E-state index contributed by atoms with van der Waals surface area (Å²) in [5.41, 5.74) is 20.9. The monoisotopic (exact) mass is 583 g/mol. The van der Waals surface area contributed by atoms with Gasteiger partial charge in [-0.25, -0.2) is 9.98 Å². The van der Waals surface area contributed by atoms with Crippen molar-refractivity contribution in [3.05, 3.63) is 0 Å². The number of nitrogens with two attached hydrogens (primary N) is 4. The smallest absolute Gasteiger partial charge is 0.188 e. The maximum absolute atomic E-state index is 12.0. The van der Waals surface area contributed by atoms with Crippen molar-refractivity contribution < 1.29 is 64.7 Å². The van der Waals surface area contributed by atoms with Crippen molar-refractivity contribution in [2.45, 2.75) is 98.2 Å². The number of hydrogen-bond acceptors (Lipinski definition) is 16. The molecule has 2 saturated heterocycles. The van der Waals surface area contributed by atoms with Gasteiger partial charge in [0.05, 0.1) is 12.7 Å². The Hall–Kier alpha value is -2.31. The number of guanidine groups is 2. The molecule has 3 rings (SSSR count). The first kappa shape index (κ1) is 32.2. The van der Waals surface area contributed by atoms with Gasteiger partial charge in [-0.1, -0.05) is 0 Å². The number of ether oxygens (including phenoxy) is 4. The van der Waals surface area contributed by atoms with E-state index >= 15 is 0 Å². The quantitative estimate of drug-likeness (QED) is 0.0518. The summed E-state index contributed by atoms with van der Waals surface area (Å²) in [6, 6.07) is -4.59. The Morgan fingerprint density at radius 2 is 1.50 bits per heavy atom. The summed E-state index contributed by atoms with van der Waals surface area (Å²) in [6.07, 6.45) is -18.6. The second-order valence-corrected chi connectivity index (χ2v) is 9.73. The standard InChI is InChI=1S/C20H37N7O13/c1-4-20(35,3-29)15(40-16-8(27-36)12(33)9(30)5(2-28)38-16)17(37-4)39-14-7(26-19(23)24)10(31)6(25-18(21)22)11(32)13(14)34/h3-17,27-28,30-36H,2H2,1H3,(H4,21,22,25)(H4,23,24,26)/t4-,5+,6-,7+,8+,9+,10-,11+,12+,13-,14-,15-,16+,17-,20+/m0/s1. The Morgan fingerprint density at radius 3 is 2.02 bits per heavy atom. The predicted molar refractivity (Wildman–Crippen MR) is 129 cm³/mol. The molecule has 3 fully saturated rings. The van der Waals surface area contributed by atoms with Crippen LogP contribution < -0.4 is 28.4 Å². The lowest BCUT2D eigenvalue weighted by Crippen LogP contribution is -2.66. The highest BCUT2D eigenvalue weighted by Gasteiger charge is 2.61. The van der Waals surface area contributed by atoms with Crippen molar-refractivity contribution in [3.63, 3.8) is 0 Å². The Bertz CT molecular complexity index is 940. The van der Waals surface area contributed by atoms with Crippen LogP contribution in [0.1, 0.15) is 6.92 Å². The number of aldehydes is 1. The van der Waals surface area contributed by atoms with Crippen LogP contribution in [0, 0.1) is 0 Å². The van der Waals surface area contributed by atoms with Gasteiger partial charge in [0.15, 0.2) is 36.4 Å². The van der Waals surface area contributed by atoms with E-state index in [2.05, 4.69) is 9.98 Å². The number of carbonyl (C=O) groups excluding carboxylic acids is 1. The summed E-state index contributed by atoms with van der Waals surface area (Å²) in [7, 11) is 0. The molecule has 0 bridgehead atoms. The number of aliphatic hydroxyl groups is 7. The molecule has 0 spiro atoms. The molecule has 2 aliphatic heterocycles. The number of aliphatic imine (C=N–C) groups is 2. The zero-order valence-electron chi connectivity index (χ0n) is 21.2. The van der Waals surface area contributed by atoms with Gasteiger partial charge in [-0.05, 0) is 6.92 Å². The number of nitrogens with one attached hydrogen (secondary N) is 1. The molecule has 0 aromatic carbocycles. The summed E-state index contributed by atoms with van der Waals surface area (Å²) >= 11 is 0. The minimum absolute atomic E-state index is 0.0774. The average molecular weight is 584 g/mol. The molecule has 230 valence electrons. The zero-order valence-corrected chi connectivity index (χ0v) is 21.2. The number of rotatable bonds is 9. The molecule has 1 aliphatic carbocycles. The number of carbonyl (C=O) groups is 1. The summed E-state index contributed by atoms with van der Waals surface area (Å²) in [6.45, 7) is 0.489. The van der Waals surface area contributed by atoms with Crippen LogP contribution in [0.15, 0.2) is 9.98 Å². The lowest BCUT2D eigenvalue weighted by Gasteiger charge is -2.45. The fourth-order valence-electron chi connectivity index (χ4n) is 4.91. The van der Waals surface area contributed by atoms with Crippen molar-refractivity contribution in [3.8, 4) is 0 Å². The molecular weight excluding hydrogens is 546 g/mol. The molecule has 3 aliphatic rings. The Morgan fingerprint density at radius 1 is 0.900 bits per heavy atom. The number of hydroxylamine groups is 1. The van der Waals surface area contributed by atoms with Crippen LogP contribution in [0.3, 0.4) is 0 Å². The van der Waals surface area contributed by atoms with E-state index in [1.165, 1.54) is 6.92 Å². The van der Waals surface area contributed by atoms with Gasteiger partial charge in [-0.15, -0.1) is 0 Å². The molecule has 20 nitrogen and oxygen atoms in total. The highest BCUT2D eigenvalue weighted by Crippen LogP contribution is 2.38. The summed E-state index contributed by atoms with van der Waals surface area (Å²) in [5, 5.41) is 83.0. The summed E-state index contributed by atoms with van der Waals surface area (Å²) in [4.78, 5) is 19.6. The van der Waals surface area contributed by atoms with Gasteiger partial charge in [0.2, 0.25) is 0 Å². The second kappa shape index (κ2) is 12.7. The van der Waals surface area contributed by atoms with Gasteiger partial charge in [-0.2, -0.15) is 5.48 Å². The molecule has 0 aromatic rings. The lowest BCUT2D eigenvalue weighted by atomic mass is 9.81. The van der Waals surface area contributed by atoms with E-state index in [-0.39, 0.29) is 6.29 Å². The molecule has 20 heteroatoms. The second-order valence-electron chi connectivity index (χ2n) is 9.73. The van der Waals surface area contributed by atoms with Crippen LogP contribution >= 0.6 is 0 Å². The molecule has 0 amide bonds.